The Morgan fingerprint density at radius 2 is 1.78 bits per heavy atom. The van der Waals surface area contributed by atoms with E-state index in [4.69, 9.17) is 0 Å². The van der Waals surface area contributed by atoms with Gasteiger partial charge >= 0.3 is 0 Å². The van der Waals surface area contributed by atoms with Gasteiger partial charge in [0.25, 0.3) is 15.7 Å². The number of nitrogens with zero attached hydrogens (tertiary/aromatic N) is 2. The first kappa shape index (κ1) is 16.8. The van der Waals surface area contributed by atoms with Gasteiger partial charge in [-0.2, -0.15) is 0 Å². The van der Waals surface area contributed by atoms with Crippen molar-refractivity contribution in [2.45, 2.75) is 11.8 Å². The molecule has 0 heterocycles. The molecule has 0 aromatic heterocycles. The van der Waals surface area contributed by atoms with E-state index in [1.54, 1.807) is 0 Å². The monoisotopic (exact) mass is 342 g/mol. The minimum Gasteiger partial charge on any atom is -0.266 e. The van der Waals surface area contributed by atoms with Gasteiger partial charge in [0.15, 0.2) is 0 Å². The van der Waals surface area contributed by atoms with Gasteiger partial charge in [0.05, 0.1) is 15.5 Å². The second-order valence-electron chi connectivity index (χ2n) is 4.78. The zero-order valence-electron chi connectivity index (χ0n) is 12.2. The van der Waals surface area contributed by atoms with Crippen LogP contribution in [0.1, 0.15) is 5.56 Å². The van der Waals surface area contributed by atoms with Crippen molar-refractivity contribution >= 4 is 21.4 Å². The van der Waals surface area contributed by atoms with Crippen molar-refractivity contribution in [1.29, 1.82) is 0 Å². The Morgan fingerprint density at radius 1 is 1.13 bits per heavy atom. The maximum absolute atomic E-state index is 13.8. The molecule has 0 N–H and O–H groups in total. The summed E-state index contributed by atoms with van der Waals surface area (Å²) in [5, 5.41) is 10.8. The predicted molar refractivity (Wildman–Crippen MR) is 79.8 cm³/mol. The molecule has 9 heteroatoms. The van der Waals surface area contributed by atoms with Crippen LogP contribution in [0.15, 0.2) is 41.3 Å². The average molecular weight is 342 g/mol. The number of non-ortho nitro benzene ring substituents is 1. The minimum atomic E-state index is -4.25. The highest BCUT2D eigenvalue weighted by Crippen LogP contribution is 2.29. The van der Waals surface area contributed by atoms with Crippen LogP contribution in [0.4, 0.5) is 20.2 Å². The van der Waals surface area contributed by atoms with Crippen molar-refractivity contribution in [2.75, 3.05) is 11.4 Å². The molecular formula is C14H12F2N2O4S. The summed E-state index contributed by atoms with van der Waals surface area (Å²) >= 11 is 0. The summed E-state index contributed by atoms with van der Waals surface area (Å²) in [5.41, 5.74) is -0.496. The molecule has 0 radical (unpaired) electrons. The smallest absolute Gasteiger partial charge is 0.266 e. The van der Waals surface area contributed by atoms with Gasteiger partial charge in [-0.1, -0.05) is 6.07 Å². The Labute approximate surface area is 131 Å². The van der Waals surface area contributed by atoms with E-state index in [0.29, 0.717) is 10.4 Å². The Hall–Kier alpha value is -2.55. The standard InChI is InChI=1S/C14H12F2N2O4S/c1-9-3-5-11(18(19)20)8-14(9)23(21,22)17(2)13-6-4-10(15)7-12(13)16/h3-8H,1-2H3. The normalized spacial score (nSPS) is 11.3. The number of nitro groups is 1. The van der Waals surface area contributed by atoms with Crippen LogP contribution in [-0.4, -0.2) is 20.4 Å². The van der Waals surface area contributed by atoms with Crippen LogP contribution in [0.2, 0.25) is 0 Å². The highest BCUT2D eigenvalue weighted by molar-refractivity contribution is 7.92. The fourth-order valence-electron chi connectivity index (χ4n) is 1.99. The molecular weight excluding hydrogens is 330 g/mol. The lowest BCUT2D eigenvalue weighted by Gasteiger charge is -2.21. The van der Waals surface area contributed by atoms with Crippen LogP contribution in [0.3, 0.4) is 0 Å². The molecule has 0 saturated heterocycles. The van der Waals surface area contributed by atoms with Crippen molar-refractivity contribution in [3.63, 3.8) is 0 Å². The van der Waals surface area contributed by atoms with E-state index in [1.165, 1.54) is 19.1 Å². The third kappa shape index (κ3) is 3.14. The Bertz CT molecular complexity index is 884. The molecule has 2 aromatic rings. The lowest BCUT2D eigenvalue weighted by atomic mass is 10.2. The predicted octanol–water partition coefficient (Wildman–Crippen LogP) is 3.01. The first-order chi connectivity index (χ1) is 10.6. The average Bonchev–Trinajstić information content (AvgIpc) is 2.46. The molecule has 0 spiro atoms. The maximum Gasteiger partial charge on any atom is 0.270 e. The summed E-state index contributed by atoms with van der Waals surface area (Å²) in [4.78, 5) is 9.77. The van der Waals surface area contributed by atoms with E-state index in [2.05, 4.69) is 0 Å². The maximum atomic E-state index is 13.8. The molecule has 0 fully saturated rings. The van der Waals surface area contributed by atoms with Crippen LogP contribution in [0.25, 0.3) is 0 Å². The fourth-order valence-corrected chi connectivity index (χ4v) is 3.44. The third-order valence-corrected chi connectivity index (χ3v) is 5.18. The fraction of sp³-hybridized carbons (Fsp3) is 0.143. The Balaban J connectivity index is 2.57. The van der Waals surface area contributed by atoms with E-state index in [0.717, 1.165) is 25.2 Å². The Morgan fingerprint density at radius 3 is 2.35 bits per heavy atom. The van der Waals surface area contributed by atoms with Gasteiger partial charge in [0, 0.05) is 25.2 Å². The molecule has 0 amide bonds. The molecule has 23 heavy (non-hydrogen) atoms. The van der Waals surface area contributed by atoms with E-state index >= 15 is 0 Å². The van der Waals surface area contributed by atoms with Crippen LogP contribution in [-0.2, 0) is 10.0 Å². The van der Waals surface area contributed by atoms with Crippen molar-refractivity contribution in [1.82, 2.24) is 0 Å². The van der Waals surface area contributed by atoms with Gasteiger partial charge in [-0.25, -0.2) is 17.2 Å². The molecule has 2 aromatic carbocycles. The SMILES string of the molecule is Cc1ccc([N+](=O)[O-])cc1S(=O)(=O)N(C)c1ccc(F)cc1F. The lowest BCUT2D eigenvalue weighted by molar-refractivity contribution is -0.385. The highest BCUT2D eigenvalue weighted by atomic mass is 32.2. The largest absolute Gasteiger partial charge is 0.270 e. The molecule has 0 aliphatic heterocycles. The van der Waals surface area contributed by atoms with Crippen LogP contribution in [0, 0.1) is 28.7 Å². The molecule has 0 aliphatic carbocycles. The minimum absolute atomic E-state index is 0.268. The van der Waals surface area contributed by atoms with E-state index < -0.39 is 32.3 Å². The first-order valence-electron chi connectivity index (χ1n) is 6.33. The van der Waals surface area contributed by atoms with Crippen molar-refractivity contribution in [3.05, 3.63) is 63.7 Å². The van der Waals surface area contributed by atoms with Crippen LogP contribution < -0.4 is 4.31 Å². The summed E-state index contributed by atoms with van der Waals surface area (Å²) < 4.78 is 52.6. The molecule has 0 unspecified atom stereocenters. The molecule has 6 nitrogen and oxygen atoms in total. The molecule has 0 saturated carbocycles. The van der Waals surface area contributed by atoms with E-state index in [-0.39, 0.29) is 16.1 Å². The second kappa shape index (κ2) is 5.92. The topological polar surface area (TPSA) is 80.5 Å². The van der Waals surface area contributed by atoms with Gasteiger partial charge in [-0.05, 0) is 24.6 Å². The second-order valence-corrected chi connectivity index (χ2v) is 6.71. The zero-order chi connectivity index (χ0) is 17.4. The number of halogens is 2. The lowest BCUT2D eigenvalue weighted by Crippen LogP contribution is -2.28. The number of nitro benzene ring substituents is 1. The van der Waals surface area contributed by atoms with Gasteiger partial charge < -0.3 is 0 Å². The summed E-state index contributed by atoms with van der Waals surface area (Å²) in [5.74, 6) is -1.90. The third-order valence-electron chi connectivity index (χ3n) is 3.27. The Kier molecular flexibility index (Phi) is 4.33. The van der Waals surface area contributed by atoms with Gasteiger partial charge in [-0.3, -0.25) is 14.4 Å². The summed E-state index contributed by atoms with van der Waals surface area (Å²) in [6.45, 7) is 1.46. The van der Waals surface area contributed by atoms with Crippen molar-refractivity contribution in [2.24, 2.45) is 0 Å². The van der Waals surface area contributed by atoms with Gasteiger partial charge in [-0.15, -0.1) is 0 Å². The number of aryl methyl sites for hydroxylation is 1. The zero-order valence-corrected chi connectivity index (χ0v) is 13.0. The van der Waals surface area contributed by atoms with Crippen molar-refractivity contribution in [3.8, 4) is 0 Å². The molecule has 0 atom stereocenters. The number of anilines is 1. The van der Waals surface area contributed by atoms with Gasteiger partial charge in [0.2, 0.25) is 0 Å². The molecule has 0 bridgehead atoms. The summed E-state index contributed by atoms with van der Waals surface area (Å²) in [7, 11) is -3.16. The van der Waals surface area contributed by atoms with Crippen LogP contribution >= 0.6 is 0 Å². The van der Waals surface area contributed by atoms with E-state index in [9.17, 15) is 27.3 Å². The number of hydrogen-bond acceptors (Lipinski definition) is 4. The van der Waals surface area contributed by atoms with Crippen molar-refractivity contribution < 1.29 is 22.1 Å². The highest BCUT2D eigenvalue weighted by Gasteiger charge is 2.27. The number of benzene rings is 2. The first-order valence-corrected chi connectivity index (χ1v) is 7.77. The van der Waals surface area contributed by atoms with Gasteiger partial charge in [0.1, 0.15) is 11.6 Å². The van der Waals surface area contributed by atoms with E-state index in [1.807, 2.05) is 0 Å². The quantitative estimate of drug-likeness (QED) is 0.632. The number of hydrogen-bond donors (Lipinski definition) is 0. The number of sulfonamides is 1. The molecule has 122 valence electrons. The number of rotatable bonds is 4. The summed E-state index contributed by atoms with van der Waals surface area (Å²) in [6, 6.07) is 5.83. The van der Waals surface area contributed by atoms with Crippen LogP contribution in [0.5, 0.6) is 0 Å². The molecule has 2 rings (SSSR count). The molecule has 0 aliphatic rings. The summed E-state index contributed by atoms with van der Waals surface area (Å²) in [6.07, 6.45) is 0.